The first-order valence-corrected chi connectivity index (χ1v) is 17.1. The maximum absolute atomic E-state index is 13.7. The number of hydrogen-bond acceptors (Lipinski definition) is 8. The first kappa shape index (κ1) is 30.7. The number of nitrogen functional groups attached to an aromatic ring is 1. The number of amides is 1. The van der Waals surface area contributed by atoms with Crippen molar-refractivity contribution in [2.45, 2.75) is 50.1 Å². The van der Waals surface area contributed by atoms with Gasteiger partial charge in [-0.15, -0.1) is 23.7 Å². The number of fused-ring (bicyclic) bond motifs is 2. The summed E-state index contributed by atoms with van der Waals surface area (Å²) in [5, 5.41) is 0.781. The van der Waals surface area contributed by atoms with Crippen molar-refractivity contribution in [2.75, 3.05) is 31.6 Å². The van der Waals surface area contributed by atoms with E-state index < -0.39 is 26.1 Å². The molecule has 4 heterocycles. The number of nitrogens with one attached hydrogen (secondary N) is 1. The summed E-state index contributed by atoms with van der Waals surface area (Å²) in [6.45, 7) is 3.79. The van der Waals surface area contributed by atoms with Crippen LogP contribution in [0.25, 0.3) is 10.1 Å². The van der Waals surface area contributed by atoms with Gasteiger partial charge in [0.05, 0.1) is 11.2 Å². The summed E-state index contributed by atoms with van der Waals surface area (Å²) in [5.41, 5.74) is 7.59. The average Bonchev–Trinajstić information content (AvgIpc) is 3.31. The Morgan fingerprint density at radius 1 is 1.12 bits per heavy atom. The number of nitrogens with two attached hydrogens (primary N) is 1. The fourth-order valence-electron chi connectivity index (χ4n) is 5.18. The zero-order valence-corrected chi connectivity index (χ0v) is 25.6. The lowest BCUT2D eigenvalue weighted by molar-refractivity contribution is -0.134. The Hall–Kier alpha value is -2.29. The van der Waals surface area contributed by atoms with Crippen LogP contribution in [-0.2, 0) is 44.2 Å². The predicted molar refractivity (Wildman–Crippen MR) is 159 cm³/mol. The summed E-state index contributed by atoms with van der Waals surface area (Å²) in [4.78, 5) is 20.4. The van der Waals surface area contributed by atoms with E-state index in [1.807, 2.05) is 12.1 Å². The van der Waals surface area contributed by atoms with Gasteiger partial charge in [0.1, 0.15) is 11.9 Å². The van der Waals surface area contributed by atoms with Gasteiger partial charge in [-0.3, -0.25) is 4.79 Å². The molecule has 2 aliphatic rings. The third-order valence-corrected chi connectivity index (χ3v) is 11.4. The average molecular weight is 628 g/mol. The molecule has 0 saturated carbocycles. The molecule has 1 atom stereocenters. The van der Waals surface area contributed by atoms with Crippen molar-refractivity contribution < 1.29 is 21.6 Å². The molecule has 2 aromatic heterocycles. The molecular formula is C26H34ClN5O5S3. The van der Waals surface area contributed by atoms with Gasteiger partial charge in [0.15, 0.2) is 0 Å². The highest BCUT2D eigenvalue weighted by atomic mass is 35.5. The molecule has 1 unspecified atom stereocenters. The fourth-order valence-corrected chi connectivity index (χ4v) is 8.33. The van der Waals surface area contributed by atoms with Crippen LogP contribution in [0.1, 0.15) is 35.8 Å². The maximum Gasteiger partial charge on any atom is 0.241 e. The molecule has 1 aromatic carbocycles. The van der Waals surface area contributed by atoms with Gasteiger partial charge in [0.25, 0.3) is 0 Å². The van der Waals surface area contributed by atoms with Gasteiger partial charge in [-0.05, 0) is 60.6 Å². The molecule has 0 aliphatic carbocycles. The van der Waals surface area contributed by atoms with Gasteiger partial charge >= 0.3 is 0 Å². The smallest absolute Gasteiger partial charge is 0.241 e. The maximum atomic E-state index is 13.7. The van der Waals surface area contributed by atoms with E-state index in [4.69, 9.17) is 5.73 Å². The van der Waals surface area contributed by atoms with E-state index in [1.54, 1.807) is 17.2 Å². The number of carbonyl (C=O) groups is 1. The molecule has 3 aromatic rings. The van der Waals surface area contributed by atoms with Crippen LogP contribution in [0.15, 0.2) is 41.4 Å². The number of likely N-dealkylation sites (tertiary alicyclic amines) is 1. The fraction of sp³-hybridized carbons (Fsp3) is 0.462. The Bertz CT molecular complexity index is 1620. The standard InChI is InChI=1S/C26H33N5O5S3.ClH/c1-17-6-10-30(11-7-17)26(32)23(15-20-14-22-24(37-20)5-9-28-25(22)27)29-39(35,36)21-4-3-18-8-12-31(38(2,33)34)16-19(18)13-21;/h3-5,9,13-14,17,23,29H,6-8,10-12,15-16H2,1-2H3,(H2,27,28);1H. The number of benzene rings is 1. The molecule has 10 nitrogen and oxygen atoms in total. The van der Waals surface area contributed by atoms with Crippen molar-refractivity contribution >= 4 is 65.6 Å². The van der Waals surface area contributed by atoms with Crippen molar-refractivity contribution in [3.8, 4) is 0 Å². The van der Waals surface area contributed by atoms with Crippen molar-refractivity contribution in [2.24, 2.45) is 5.92 Å². The largest absolute Gasteiger partial charge is 0.383 e. The molecule has 0 spiro atoms. The van der Waals surface area contributed by atoms with E-state index in [0.717, 1.165) is 39.6 Å². The molecule has 1 fully saturated rings. The van der Waals surface area contributed by atoms with Gasteiger partial charge in [0.2, 0.25) is 26.0 Å². The van der Waals surface area contributed by atoms with E-state index in [1.165, 1.54) is 27.8 Å². The summed E-state index contributed by atoms with van der Waals surface area (Å²) >= 11 is 1.46. The van der Waals surface area contributed by atoms with E-state index in [0.29, 0.717) is 43.4 Å². The molecule has 14 heteroatoms. The molecule has 1 saturated heterocycles. The number of rotatable bonds is 7. The molecule has 0 radical (unpaired) electrons. The third kappa shape index (κ3) is 6.60. The summed E-state index contributed by atoms with van der Waals surface area (Å²) < 4.78 is 56.3. The molecule has 40 heavy (non-hydrogen) atoms. The lowest BCUT2D eigenvalue weighted by Gasteiger charge is -2.33. The SMILES string of the molecule is CC1CCN(C(=O)C(Cc2cc3c(N)nccc3s2)NS(=O)(=O)c2ccc3c(c2)CN(S(C)(=O)=O)CC3)CC1.Cl. The monoisotopic (exact) mass is 627 g/mol. The number of thiophene rings is 1. The number of hydrogen-bond donors (Lipinski definition) is 2. The first-order valence-electron chi connectivity index (χ1n) is 12.9. The first-order chi connectivity index (χ1) is 18.4. The number of aromatic nitrogens is 1. The zero-order chi connectivity index (χ0) is 27.9. The summed E-state index contributed by atoms with van der Waals surface area (Å²) in [6.07, 6.45) is 5.20. The number of carbonyl (C=O) groups excluding carboxylic acids is 1. The molecule has 0 bridgehead atoms. The van der Waals surface area contributed by atoms with Crippen LogP contribution in [0.3, 0.4) is 0 Å². The van der Waals surface area contributed by atoms with Gasteiger partial charge in [0, 0.05) is 53.8 Å². The minimum absolute atomic E-state index is 0. The minimum atomic E-state index is -4.10. The lowest BCUT2D eigenvalue weighted by atomic mass is 9.98. The van der Waals surface area contributed by atoms with Crippen molar-refractivity contribution in [3.05, 3.63) is 52.5 Å². The predicted octanol–water partition coefficient (Wildman–Crippen LogP) is 2.77. The Balaban J connectivity index is 0.00000370. The number of nitrogens with zero attached hydrogens (tertiary/aromatic N) is 3. The summed E-state index contributed by atoms with van der Waals surface area (Å²) in [5.74, 6) is 0.653. The number of sulfonamides is 2. The minimum Gasteiger partial charge on any atom is -0.383 e. The number of pyridine rings is 1. The van der Waals surface area contributed by atoms with Crippen molar-refractivity contribution in [1.82, 2.24) is 18.9 Å². The zero-order valence-electron chi connectivity index (χ0n) is 22.4. The Labute approximate surface area is 245 Å². The number of anilines is 1. The van der Waals surface area contributed by atoms with E-state index in [2.05, 4.69) is 16.6 Å². The highest BCUT2D eigenvalue weighted by Gasteiger charge is 2.32. The molecule has 218 valence electrons. The Morgan fingerprint density at radius 3 is 2.52 bits per heavy atom. The highest BCUT2D eigenvalue weighted by Crippen LogP contribution is 2.30. The van der Waals surface area contributed by atoms with Gasteiger partial charge in [-0.2, -0.15) is 9.03 Å². The topological polar surface area (TPSA) is 143 Å². The van der Waals surface area contributed by atoms with Crippen LogP contribution in [-0.4, -0.2) is 68.9 Å². The normalized spacial score (nSPS) is 17.8. The van der Waals surface area contributed by atoms with Crippen LogP contribution in [0, 0.1) is 5.92 Å². The number of piperidine rings is 1. The lowest BCUT2D eigenvalue weighted by Crippen LogP contribution is -2.51. The van der Waals surface area contributed by atoms with Gasteiger partial charge < -0.3 is 10.6 Å². The van der Waals surface area contributed by atoms with Crippen LogP contribution < -0.4 is 10.5 Å². The van der Waals surface area contributed by atoms with Crippen LogP contribution in [0.5, 0.6) is 0 Å². The van der Waals surface area contributed by atoms with Gasteiger partial charge in [-0.1, -0.05) is 13.0 Å². The van der Waals surface area contributed by atoms with Crippen molar-refractivity contribution in [3.63, 3.8) is 0 Å². The Morgan fingerprint density at radius 2 is 1.85 bits per heavy atom. The second kappa shape index (κ2) is 11.9. The number of halogens is 1. The summed E-state index contributed by atoms with van der Waals surface area (Å²) in [6, 6.07) is 7.48. The molecule has 1 amide bonds. The third-order valence-electron chi connectivity index (χ3n) is 7.56. The molecule has 3 N–H and O–H groups in total. The van der Waals surface area contributed by atoms with Crippen LogP contribution >= 0.6 is 23.7 Å². The van der Waals surface area contributed by atoms with E-state index >= 15 is 0 Å². The second-order valence-corrected chi connectivity index (χ2v) is 15.3. The quantitative estimate of drug-likeness (QED) is 0.410. The van der Waals surface area contributed by atoms with Crippen LogP contribution in [0.2, 0.25) is 0 Å². The molecule has 5 rings (SSSR count). The van der Waals surface area contributed by atoms with E-state index in [9.17, 15) is 21.6 Å². The van der Waals surface area contributed by atoms with Crippen LogP contribution in [0.4, 0.5) is 5.82 Å². The van der Waals surface area contributed by atoms with Crippen molar-refractivity contribution in [1.29, 1.82) is 0 Å². The summed E-state index contributed by atoms with van der Waals surface area (Å²) in [7, 11) is -7.50. The van der Waals surface area contributed by atoms with Gasteiger partial charge in [-0.25, -0.2) is 21.8 Å². The molecular weight excluding hydrogens is 594 g/mol. The molecule has 2 aliphatic heterocycles. The highest BCUT2D eigenvalue weighted by molar-refractivity contribution is 7.89. The Kier molecular flexibility index (Phi) is 9.13. The van der Waals surface area contributed by atoms with E-state index in [-0.39, 0.29) is 36.2 Å². The second-order valence-electron chi connectivity index (χ2n) is 10.5.